The average Bonchev–Trinajstić information content (AvgIpc) is 2.81. The summed E-state index contributed by atoms with van der Waals surface area (Å²) < 4.78 is 53.2. The molecule has 0 amide bonds. The van der Waals surface area contributed by atoms with Crippen LogP contribution in [0.15, 0.2) is 103 Å². The molecule has 4 aromatic rings. The summed E-state index contributed by atoms with van der Waals surface area (Å²) in [7, 11) is 0. The van der Waals surface area contributed by atoms with Gasteiger partial charge in [-0.15, -0.1) is 25.6 Å². The lowest BCUT2D eigenvalue weighted by Gasteiger charge is -2.18. The number of halogens is 4. The summed E-state index contributed by atoms with van der Waals surface area (Å²) in [6.07, 6.45) is -4.75. The van der Waals surface area contributed by atoms with Crippen LogP contribution in [0.5, 0.6) is 28.7 Å². The maximum Gasteiger partial charge on any atom is 0.573 e. The molecular formula is C26H21ClF3NO3. The minimum Gasteiger partial charge on any atom is -0.453 e. The zero-order chi connectivity index (χ0) is 23.3. The molecule has 4 nitrogen and oxygen atoms in total. The van der Waals surface area contributed by atoms with E-state index in [4.69, 9.17) is 15.2 Å². The van der Waals surface area contributed by atoms with E-state index in [1.165, 1.54) is 24.3 Å². The predicted octanol–water partition coefficient (Wildman–Crippen LogP) is 7.64. The van der Waals surface area contributed by atoms with Crippen LogP contribution >= 0.6 is 12.4 Å². The van der Waals surface area contributed by atoms with Gasteiger partial charge in [-0.25, -0.2) is 0 Å². The largest absolute Gasteiger partial charge is 0.573 e. The quantitative estimate of drug-likeness (QED) is 0.291. The van der Waals surface area contributed by atoms with Gasteiger partial charge in [0.15, 0.2) is 11.5 Å². The minimum absolute atomic E-state index is 0. The van der Waals surface area contributed by atoms with Crippen LogP contribution in [0, 0.1) is 0 Å². The number of benzene rings is 4. The topological polar surface area (TPSA) is 53.7 Å². The van der Waals surface area contributed by atoms with Crippen LogP contribution in [0.2, 0.25) is 0 Å². The fraction of sp³-hybridized carbons (Fsp3) is 0.0769. The Balaban J connectivity index is 0.00000324. The van der Waals surface area contributed by atoms with Crippen molar-refractivity contribution < 1.29 is 27.4 Å². The molecule has 0 heterocycles. The summed E-state index contributed by atoms with van der Waals surface area (Å²) in [5, 5.41) is 0. The van der Waals surface area contributed by atoms with Crippen molar-refractivity contribution in [2.75, 3.05) is 0 Å². The van der Waals surface area contributed by atoms with Crippen molar-refractivity contribution in [2.24, 2.45) is 5.73 Å². The van der Waals surface area contributed by atoms with Gasteiger partial charge in [0.2, 0.25) is 0 Å². The number of alkyl halides is 3. The van der Waals surface area contributed by atoms with Crippen molar-refractivity contribution in [3.05, 3.63) is 114 Å². The van der Waals surface area contributed by atoms with E-state index in [0.717, 1.165) is 0 Å². The molecule has 4 aromatic carbocycles. The van der Waals surface area contributed by atoms with Crippen LogP contribution in [0.3, 0.4) is 0 Å². The first kappa shape index (κ1) is 25.0. The molecule has 34 heavy (non-hydrogen) atoms. The molecule has 0 aliphatic carbocycles. The number of para-hydroxylation sites is 2. The van der Waals surface area contributed by atoms with Crippen molar-refractivity contribution in [1.29, 1.82) is 0 Å². The maximum absolute atomic E-state index is 12.4. The van der Waals surface area contributed by atoms with E-state index < -0.39 is 12.4 Å². The van der Waals surface area contributed by atoms with Crippen molar-refractivity contribution in [1.82, 2.24) is 0 Å². The molecule has 0 aromatic heterocycles. The van der Waals surface area contributed by atoms with Crippen molar-refractivity contribution >= 4 is 12.4 Å². The second-order valence-electron chi connectivity index (χ2n) is 7.13. The second kappa shape index (κ2) is 11.0. The normalized spacial score (nSPS) is 11.8. The smallest absolute Gasteiger partial charge is 0.453 e. The number of nitrogens with two attached hydrogens (primary N) is 1. The van der Waals surface area contributed by atoms with Gasteiger partial charge in [0.05, 0.1) is 6.04 Å². The van der Waals surface area contributed by atoms with Crippen LogP contribution < -0.4 is 19.9 Å². The van der Waals surface area contributed by atoms with Crippen LogP contribution in [-0.4, -0.2) is 6.36 Å². The minimum atomic E-state index is -4.75. The molecule has 0 fully saturated rings. The Labute approximate surface area is 201 Å². The Morgan fingerprint density at radius 3 is 1.62 bits per heavy atom. The Hall–Kier alpha value is -3.68. The van der Waals surface area contributed by atoms with E-state index in [1.807, 2.05) is 60.7 Å². The van der Waals surface area contributed by atoms with Gasteiger partial charge >= 0.3 is 6.36 Å². The predicted molar refractivity (Wildman–Crippen MR) is 126 cm³/mol. The standard InChI is InChI=1S/C26H20F3NO3.ClH/c27-26(28,29)33-22-14-11-18(12-15-22)25(30)19-13-16-23(31-20-7-3-1-4-8-20)24(17-19)32-21-9-5-2-6-10-21;/h1-17,25H,30H2;1H/t25-;/m1./s1. The fourth-order valence-electron chi connectivity index (χ4n) is 3.18. The molecule has 0 unspecified atom stereocenters. The van der Waals surface area contributed by atoms with E-state index in [0.29, 0.717) is 34.1 Å². The van der Waals surface area contributed by atoms with Crippen molar-refractivity contribution in [3.63, 3.8) is 0 Å². The molecule has 0 spiro atoms. The molecule has 0 radical (unpaired) electrons. The van der Waals surface area contributed by atoms with E-state index in [2.05, 4.69) is 4.74 Å². The van der Waals surface area contributed by atoms with Gasteiger partial charge in [0.25, 0.3) is 0 Å². The highest BCUT2D eigenvalue weighted by molar-refractivity contribution is 5.85. The van der Waals surface area contributed by atoms with E-state index >= 15 is 0 Å². The third-order valence-electron chi connectivity index (χ3n) is 4.74. The lowest BCUT2D eigenvalue weighted by atomic mass is 9.99. The Morgan fingerprint density at radius 2 is 1.09 bits per heavy atom. The van der Waals surface area contributed by atoms with Crippen molar-refractivity contribution in [2.45, 2.75) is 12.4 Å². The van der Waals surface area contributed by atoms with E-state index in [-0.39, 0.29) is 18.2 Å². The summed E-state index contributed by atoms with van der Waals surface area (Å²) in [4.78, 5) is 0. The average molecular weight is 488 g/mol. The molecule has 2 N–H and O–H groups in total. The molecule has 0 saturated carbocycles. The van der Waals surface area contributed by atoms with Gasteiger partial charge in [-0.2, -0.15) is 0 Å². The summed E-state index contributed by atoms with van der Waals surface area (Å²) in [5.41, 5.74) is 7.72. The lowest BCUT2D eigenvalue weighted by molar-refractivity contribution is -0.274. The lowest BCUT2D eigenvalue weighted by Crippen LogP contribution is -2.17. The Kier molecular flexibility index (Phi) is 8.04. The summed E-state index contributed by atoms with van der Waals surface area (Å²) in [6, 6.07) is 28.7. The summed E-state index contributed by atoms with van der Waals surface area (Å²) >= 11 is 0. The van der Waals surface area contributed by atoms with Crippen molar-refractivity contribution in [3.8, 4) is 28.7 Å². The molecule has 4 rings (SSSR count). The molecule has 0 aliphatic rings. The molecular weight excluding hydrogens is 467 g/mol. The Bertz CT molecular complexity index is 1190. The van der Waals surface area contributed by atoms with Gasteiger partial charge in [-0.1, -0.05) is 54.6 Å². The SMILES string of the molecule is Cl.N[C@H](c1ccc(OC(F)(F)F)cc1)c1ccc(Oc2ccccc2)c(Oc2ccccc2)c1. The number of ether oxygens (including phenoxy) is 3. The molecule has 0 bridgehead atoms. The zero-order valence-electron chi connectivity index (χ0n) is 17.7. The summed E-state index contributed by atoms with van der Waals surface area (Å²) in [6.45, 7) is 0. The Morgan fingerprint density at radius 1 is 0.588 bits per heavy atom. The second-order valence-corrected chi connectivity index (χ2v) is 7.13. The van der Waals surface area contributed by atoms with Crippen LogP contribution in [0.1, 0.15) is 17.2 Å². The first-order valence-corrected chi connectivity index (χ1v) is 10.1. The molecule has 0 saturated heterocycles. The van der Waals surface area contributed by atoms with Gasteiger partial charge < -0.3 is 19.9 Å². The van der Waals surface area contributed by atoms with Gasteiger partial charge in [-0.3, -0.25) is 0 Å². The molecule has 8 heteroatoms. The number of hydrogen-bond acceptors (Lipinski definition) is 4. The van der Waals surface area contributed by atoms with E-state index in [1.54, 1.807) is 18.2 Å². The number of hydrogen-bond donors (Lipinski definition) is 1. The monoisotopic (exact) mass is 487 g/mol. The molecule has 0 aliphatic heterocycles. The van der Waals surface area contributed by atoms with E-state index in [9.17, 15) is 13.2 Å². The van der Waals surface area contributed by atoms with Gasteiger partial charge in [0, 0.05) is 0 Å². The van der Waals surface area contributed by atoms with Gasteiger partial charge in [-0.05, 0) is 59.7 Å². The first-order chi connectivity index (χ1) is 15.9. The molecule has 1 atom stereocenters. The highest BCUT2D eigenvalue weighted by Gasteiger charge is 2.31. The van der Waals surface area contributed by atoms with Crippen LogP contribution in [0.25, 0.3) is 0 Å². The third kappa shape index (κ3) is 6.66. The maximum atomic E-state index is 12.4. The number of rotatable bonds is 7. The van der Waals surface area contributed by atoms with Crippen LogP contribution in [-0.2, 0) is 0 Å². The fourth-order valence-corrected chi connectivity index (χ4v) is 3.18. The molecule has 176 valence electrons. The zero-order valence-corrected chi connectivity index (χ0v) is 18.6. The van der Waals surface area contributed by atoms with Crippen LogP contribution in [0.4, 0.5) is 13.2 Å². The third-order valence-corrected chi connectivity index (χ3v) is 4.74. The highest BCUT2D eigenvalue weighted by atomic mass is 35.5. The highest BCUT2D eigenvalue weighted by Crippen LogP contribution is 2.37. The van der Waals surface area contributed by atoms with Gasteiger partial charge in [0.1, 0.15) is 17.2 Å². The first-order valence-electron chi connectivity index (χ1n) is 10.1. The summed E-state index contributed by atoms with van der Waals surface area (Å²) in [5.74, 6) is 1.91.